The molecule has 3 aromatic rings. The van der Waals surface area contributed by atoms with Crippen LogP contribution in [0.4, 0.5) is 23.5 Å². The van der Waals surface area contributed by atoms with Crippen molar-refractivity contribution in [3.05, 3.63) is 53.6 Å². The van der Waals surface area contributed by atoms with Gasteiger partial charge in [-0.25, -0.2) is 13.1 Å². The van der Waals surface area contributed by atoms with Gasteiger partial charge in [-0.3, -0.25) is 9.11 Å². The van der Waals surface area contributed by atoms with Crippen molar-refractivity contribution in [2.45, 2.75) is 22.9 Å². The van der Waals surface area contributed by atoms with Gasteiger partial charge in [0.2, 0.25) is 27.9 Å². The van der Waals surface area contributed by atoms with E-state index in [1.54, 1.807) is 24.3 Å². The molecule has 2 aromatic carbocycles. The van der Waals surface area contributed by atoms with Gasteiger partial charge in [0.05, 0.1) is 16.8 Å². The summed E-state index contributed by atoms with van der Waals surface area (Å²) < 4.78 is 90.0. The predicted molar refractivity (Wildman–Crippen MR) is 129 cm³/mol. The van der Waals surface area contributed by atoms with Crippen molar-refractivity contribution in [1.82, 2.24) is 19.7 Å². The number of nitrogen functional groups attached to an aromatic ring is 1. The first-order valence-corrected chi connectivity index (χ1v) is 14.5. The summed E-state index contributed by atoms with van der Waals surface area (Å²) in [5.41, 5.74) is 6.69. The Labute approximate surface area is 206 Å². The molecule has 0 radical (unpaired) electrons. The molecule has 194 valence electrons. The van der Waals surface area contributed by atoms with E-state index in [9.17, 15) is 34.4 Å². The van der Waals surface area contributed by atoms with E-state index in [1.807, 2.05) is 0 Å². The Hall–Kier alpha value is -3.42. The summed E-state index contributed by atoms with van der Waals surface area (Å²) in [7, 11) is -12.9. The molecule has 0 saturated heterocycles. The summed E-state index contributed by atoms with van der Waals surface area (Å²) in [5, 5.41) is 5.33. The molecule has 0 fully saturated rings. The summed E-state index contributed by atoms with van der Waals surface area (Å²) in [6.07, 6.45) is 1.05. The van der Waals surface area contributed by atoms with Crippen LogP contribution in [0.25, 0.3) is 0 Å². The first kappa shape index (κ1) is 27.2. The van der Waals surface area contributed by atoms with Gasteiger partial charge in [-0.15, -0.1) is 0 Å². The lowest BCUT2D eigenvalue weighted by atomic mass is 10.1. The molecule has 1 aromatic heterocycles. The smallest absolute Gasteiger partial charge is 0.296 e. The SMILES string of the molecule is CS(=O)(=O)NCc1cccc(CNc2nc(N)nc(Nc3cc(S(=O)(=O)O)ccc3S(=O)(=O)O)n2)c1. The van der Waals surface area contributed by atoms with Crippen LogP contribution in [0.5, 0.6) is 0 Å². The lowest BCUT2D eigenvalue weighted by Gasteiger charge is -2.12. The van der Waals surface area contributed by atoms with Crippen molar-refractivity contribution in [1.29, 1.82) is 0 Å². The van der Waals surface area contributed by atoms with E-state index >= 15 is 0 Å². The van der Waals surface area contributed by atoms with Gasteiger partial charge in [-0.2, -0.15) is 31.8 Å². The van der Waals surface area contributed by atoms with Crippen LogP contribution < -0.4 is 21.1 Å². The molecule has 0 atom stereocenters. The second kappa shape index (κ2) is 10.3. The Morgan fingerprint density at radius 2 is 1.47 bits per heavy atom. The van der Waals surface area contributed by atoms with Gasteiger partial charge in [0, 0.05) is 13.1 Å². The highest BCUT2D eigenvalue weighted by atomic mass is 32.2. The predicted octanol–water partition coefficient (Wildman–Crippen LogP) is 0.352. The van der Waals surface area contributed by atoms with E-state index in [-0.39, 0.29) is 30.9 Å². The average molecular weight is 560 g/mol. The van der Waals surface area contributed by atoms with Gasteiger partial charge in [-0.05, 0) is 29.3 Å². The molecule has 0 bridgehead atoms. The minimum absolute atomic E-state index is 0.0380. The van der Waals surface area contributed by atoms with Crippen LogP contribution in [0.15, 0.2) is 52.3 Å². The third-order valence-electron chi connectivity index (χ3n) is 4.41. The fourth-order valence-electron chi connectivity index (χ4n) is 2.89. The maximum atomic E-state index is 11.7. The maximum absolute atomic E-state index is 11.7. The molecule has 7 N–H and O–H groups in total. The van der Waals surface area contributed by atoms with E-state index in [2.05, 4.69) is 30.3 Å². The Morgan fingerprint density at radius 1 is 0.833 bits per heavy atom. The standard InChI is InChI=1S/C18H21N7O8S3/c1-34(26,27)21-10-12-4-2-3-11(7-12)9-20-17-23-16(19)24-18(25-17)22-14-8-13(35(28,29)30)5-6-15(14)36(31,32)33/h2-8,21H,9-10H2,1H3,(H,28,29,30)(H,31,32,33)(H4,19,20,22,23,24,25). The van der Waals surface area contributed by atoms with Crippen LogP contribution in [-0.2, 0) is 43.3 Å². The third kappa shape index (κ3) is 7.80. The molecule has 0 aliphatic carbocycles. The van der Waals surface area contributed by atoms with E-state index in [0.29, 0.717) is 5.56 Å². The normalized spacial score (nSPS) is 12.3. The molecule has 18 heteroatoms. The molecule has 0 aliphatic heterocycles. The number of rotatable bonds is 10. The highest BCUT2D eigenvalue weighted by Gasteiger charge is 2.21. The number of aromatic nitrogens is 3. The van der Waals surface area contributed by atoms with Crippen molar-refractivity contribution in [3.63, 3.8) is 0 Å². The zero-order valence-electron chi connectivity index (χ0n) is 18.4. The van der Waals surface area contributed by atoms with Crippen LogP contribution in [0, 0.1) is 0 Å². The number of hydrogen-bond acceptors (Lipinski definition) is 12. The first-order valence-electron chi connectivity index (χ1n) is 9.74. The van der Waals surface area contributed by atoms with Gasteiger partial charge in [-0.1, -0.05) is 24.3 Å². The van der Waals surface area contributed by atoms with Crippen molar-refractivity contribution >= 4 is 53.8 Å². The summed E-state index contributed by atoms with van der Waals surface area (Å²) in [4.78, 5) is 10.4. The van der Waals surface area contributed by atoms with Crippen LogP contribution in [-0.4, -0.2) is 55.6 Å². The van der Waals surface area contributed by atoms with Crippen molar-refractivity contribution in [3.8, 4) is 0 Å². The molecule has 0 saturated carbocycles. The molecule has 36 heavy (non-hydrogen) atoms. The number of nitrogens with two attached hydrogens (primary N) is 1. The van der Waals surface area contributed by atoms with Crippen LogP contribution in [0.3, 0.4) is 0 Å². The Bertz CT molecular complexity index is 1610. The molecular formula is C18H21N7O8S3. The molecule has 1 heterocycles. The molecule has 3 rings (SSSR count). The van der Waals surface area contributed by atoms with E-state index in [4.69, 9.17) is 5.73 Å². The summed E-state index contributed by atoms with van der Waals surface area (Å²) in [6.45, 7) is 0.280. The van der Waals surface area contributed by atoms with Gasteiger partial charge in [0.1, 0.15) is 4.90 Å². The Balaban J connectivity index is 1.84. The lowest BCUT2D eigenvalue weighted by Crippen LogP contribution is -2.21. The van der Waals surface area contributed by atoms with Gasteiger partial charge >= 0.3 is 0 Å². The van der Waals surface area contributed by atoms with Crippen LogP contribution >= 0.6 is 0 Å². The maximum Gasteiger partial charge on any atom is 0.296 e. The number of anilines is 4. The average Bonchev–Trinajstić information content (AvgIpc) is 2.74. The minimum atomic E-state index is -4.80. The quantitative estimate of drug-likeness (QED) is 0.184. The minimum Gasteiger partial charge on any atom is -0.368 e. The van der Waals surface area contributed by atoms with Crippen molar-refractivity contribution < 1.29 is 34.4 Å². The Kier molecular flexibility index (Phi) is 7.76. The van der Waals surface area contributed by atoms with E-state index in [1.165, 1.54) is 0 Å². The molecular weight excluding hydrogens is 538 g/mol. The summed E-state index contributed by atoms with van der Waals surface area (Å²) >= 11 is 0. The topological polar surface area (TPSA) is 244 Å². The first-order chi connectivity index (χ1) is 16.6. The van der Waals surface area contributed by atoms with Crippen LogP contribution in [0.1, 0.15) is 11.1 Å². The largest absolute Gasteiger partial charge is 0.368 e. The number of nitrogens with zero attached hydrogens (tertiary/aromatic N) is 3. The van der Waals surface area contributed by atoms with E-state index in [0.717, 1.165) is 30.0 Å². The number of benzene rings is 2. The van der Waals surface area contributed by atoms with E-state index < -0.39 is 45.7 Å². The monoisotopic (exact) mass is 559 g/mol. The number of hydrogen-bond donors (Lipinski definition) is 6. The fourth-order valence-corrected chi connectivity index (χ4v) is 4.45. The zero-order valence-corrected chi connectivity index (χ0v) is 20.9. The molecule has 0 spiro atoms. The second-order valence-corrected chi connectivity index (χ2v) is 12.0. The molecule has 15 nitrogen and oxygen atoms in total. The number of sulfonamides is 1. The van der Waals surface area contributed by atoms with Gasteiger partial charge < -0.3 is 16.4 Å². The summed E-state index contributed by atoms with van der Waals surface area (Å²) in [6, 6.07) is 9.30. The summed E-state index contributed by atoms with van der Waals surface area (Å²) in [5.74, 6) is -0.613. The lowest BCUT2D eigenvalue weighted by molar-refractivity contribution is 0.479. The van der Waals surface area contributed by atoms with Crippen molar-refractivity contribution in [2.75, 3.05) is 22.6 Å². The fraction of sp³-hybridized carbons (Fsp3) is 0.167. The second-order valence-electron chi connectivity index (χ2n) is 7.34. The zero-order chi connectivity index (χ0) is 26.7. The highest BCUT2D eigenvalue weighted by Crippen LogP contribution is 2.27. The highest BCUT2D eigenvalue weighted by molar-refractivity contribution is 7.88. The third-order valence-corrected chi connectivity index (χ3v) is 6.84. The molecule has 0 aliphatic rings. The Morgan fingerprint density at radius 3 is 2.08 bits per heavy atom. The molecule has 0 amide bonds. The molecule has 0 unspecified atom stereocenters. The number of nitrogens with one attached hydrogen (secondary N) is 3. The van der Waals surface area contributed by atoms with Crippen molar-refractivity contribution in [2.24, 2.45) is 0 Å². The van der Waals surface area contributed by atoms with Gasteiger partial charge in [0.25, 0.3) is 20.2 Å². The van der Waals surface area contributed by atoms with Crippen LogP contribution in [0.2, 0.25) is 0 Å². The van der Waals surface area contributed by atoms with Gasteiger partial charge in [0.15, 0.2) is 0 Å².